The lowest BCUT2D eigenvalue weighted by Gasteiger charge is -2.14. The number of nitrogens with zero attached hydrogens (tertiary/aromatic N) is 2. The number of aromatic nitrogens is 2. The third-order valence-corrected chi connectivity index (χ3v) is 7.40. The molecular weight excluding hydrogens is 484 g/mol. The van der Waals surface area contributed by atoms with E-state index in [9.17, 15) is 23.2 Å². The summed E-state index contributed by atoms with van der Waals surface area (Å²) < 4.78 is 29.5. The molecule has 0 saturated heterocycles. The molecule has 34 heavy (non-hydrogen) atoms. The standard InChI is InChI=1S/C24H18ClF2N3O3S/c25-13-5-8-15(9-6-13)30-22(32)21-16-3-1-2-4-19(16)34-23(21)29(24(30)33)12-20(31)28-18-10-7-14(26)11-17(18)27/h5-11H,1-4,12H2,(H,28,31). The predicted molar refractivity (Wildman–Crippen MR) is 128 cm³/mol. The number of carbonyl (C=O) groups is 1. The van der Waals surface area contributed by atoms with E-state index in [1.165, 1.54) is 15.9 Å². The van der Waals surface area contributed by atoms with Crippen molar-refractivity contribution in [2.45, 2.75) is 32.2 Å². The lowest BCUT2D eigenvalue weighted by Crippen LogP contribution is -2.40. The van der Waals surface area contributed by atoms with E-state index >= 15 is 0 Å². The lowest BCUT2D eigenvalue weighted by atomic mass is 9.97. The number of hydrogen-bond donors (Lipinski definition) is 1. The van der Waals surface area contributed by atoms with Crippen molar-refractivity contribution in [1.82, 2.24) is 9.13 Å². The Balaban J connectivity index is 1.66. The van der Waals surface area contributed by atoms with Gasteiger partial charge >= 0.3 is 5.69 Å². The molecular formula is C24H18ClF2N3O3S. The van der Waals surface area contributed by atoms with Crippen molar-refractivity contribution in [2.24, 2.45) is 0 Å². The number of rotatable bonds is 4. The minimum Gasteiger partial charge on any atom is -0.322 e. The molecule has 0 saturated carbocycles. The van der Waals surface area contributed by atoms with Crippen molar-refractivity contribution < 1.29 is 13.6 Å². The van der Waals surface area contributed by atoms with Crippen molar-refractivity contribution in [3.05, 3.63) is 90.4 Å². The van der Waals surface area contributed by atoms with E-state index < -0.39 is 35.3 Å². The molecule has 0 atom stereocenters. The van der Waals surface area contributed by atoms with Gasteiger partial charge in [-0.2, -0.15) is 0 Å². The first-order valence-electron chi connectivity index (χ1n) is 10.6. The second-order valence-electron chi connectivity index (χ2n) is 8.05. The summed E-state index contributed by atoms with van der Waals surface area (Å²) in [6.45, 7) is -0.445. The molecule has 0 aliphatic heterocycles. The van der Waals surface area contributed by atoms with E-state index in [1.54, 1.807) is 24.3 Å². The molecule has 0 radical (unpaired) electrons. The molecule has 174 valence electrons. The first-order chi connectivity index (χ1) is 16.3. The molecule has 10 heteroatoms. The summed E-state index contributed by atoms with van der Waals surface area (Å²) in [4.78, 5) is 41.3. The average molecular weight is 502 g/mol. The molecule has 4 aromatic rings. The molecule has 1 aliphatic rings. The van der Waals surface area contributed by atoms with Crippen LogP contribution >= 0.6 is 22.9 Å². The molecule has 5 rings (SSSR count). The zero-order valence-electron chi connectivity index (χ0n) is 17.7. The highest BCUT2D eigenvalue weighted by atomic mass is 35.5. The number of thiophene rings is 1. The van der Waals surface area contributed by atoms with E-state index in [4.69, 9.17) is 11.6 Å². The lowest BCUT2D eigenvalue weighted by molar-refractivity contribution is -0.116. The minimum atomic E-state index is -0.927. The Morgan fingerprint density at radius 1 is 1.06 bits per heavy atom. The Morgan fingerprint density at radius 2 is 1.79 bits per heavy atom. The van der Waals surface area contributed by atoms with Gasteiger partial charge in [-0.1, -0.05) is 11.6 Å². The van der Waals surface area contributed by atoms with Crippen molar-refractivity contribution in [3.8, 4) is 5.69 Å². The average Bonchev–Trinajstić information content (AvgIpc) is 3.20. The maximum Gasteiger partial charge on any atom is 0.337 e. The third kappa shape index (κ3) is 3.95. The molecule has 1 N–H and O–H groups in total. The van der Waals surface area contributed by atoms with Crippen LogP contribution < -0.4 is 16.6 Å². The number of hydrogen-bond acceptors (Lipinski definition) is 4. The number of carbonyl (C=O) groups excluding carboxylic acids is 1. The van der Waals surface area contributed by atoms with Gasteiger partial charge in [0.1, 0.15) is 23.0 Å². The van der Waals surface area contributed by atoms with Gasteiger partial charge in [-0.15, -0.1) is 11.3 Å². The molecule has 0 spiro atoms. The largest absolute Gasteiger partial charge is 0.337 e. The number of aryl methyl sites for hydroxylation is 2. The van der Waals surface area contributed by atoms with Crippen LogP contribution in [-0.4, -0.2) is 15.0 Å². The molecule has 2 aromatic carbocycles. The highest BCUT2D eigenvalue weighted by Crippen LogP contribution is 2.34. The topological polar surface area (TPSA) is 73.1 Å². The molecule has 1 amide bonds. The van der Waals surface area contributed by atoms with E-state index in [0.29, 0.717) is 27.0 Å². The van der Waals surface area contributed by atoms with E-state index in [-0.39, 0.29) is 5.69 Å². The Morgan fingerprint density at radius 3 is 2.53 bits per heavy atom. The highest BCUT2D eigenvalue weighted by Gasteiger charge is 2.25. The SMILES string of the molecule is O=C(Cn1c(=O)n(-c2ccc(Cl)cc2)c(=O)c2c3c(sc21)CCCC3)Nc1ccc(F)cc1F. The molecule has 0 bridgehead atoms. The van der Waals surface area contributed by atoms with Crippen LogP contribution in [0.1, 0.15) is 23.3 Å². The van der Waals surface area contributed by atoms with Crippen LogP contribution in [-0.2, 0) is 24.2 Å². The number of halogens is 3. The van der Waals surface area contributed by atoms with Gasteiger partial charge < -0.3 is 5.32 Å². The maximum absolute atomic E-state index is 14.0. The molecule has 6 nitrogen and oxygen atoms in total. The maximum atomic E-state index is 14.0. The number of amides is 1. The van der Waals surface area contributed by atoms with Gasteiger partial charge in [0.15, 0.2) is 0 Å². The van der Waals surface area contributed by atoms with Crippen LogP contribution in [0.2, 0.25) is 5.02 Å². The summed E-state index contributed by atoms with van der Waals surface area (Å²) >= 11 is 7.31. The highest BCUT2D eigenvalue weighted by molar-refractivity contribution is 7.18. The van der Waals surface area contributed by atoms with Gasteiger partial charge in [0.05, 0.1) is 16.8 Å². The van der Waals surface area contributed by atoms with Crippen molar-refractivity contribution in [3.63, 3.8) is 0 Å². The van der Waals surface area contributed by atoms with Crippen LogP contribution in [0.15, 0.2) is 52.1 Å². The fourth-order valence-electron chi connectivity index (χ4n) is 4.25. The van der Waals surface area contributed by atoms with Gasteiger partial charge in [-0.3, -0.25) is 14.2 Å². The molecule has 2 heterocycles. The molecule has 2 aromatic heterocycles. The summed E-state index contributed by atoms with van der Waals surface area (Å²) in [5.41, 5.74) is -0.0863. The summed E-state index contributed by atoms with van der Waals surface area (Å²) in [5, 5.41) is 3.26. The number of fused-ring (bicyclic) bond motifs is 3. The van der Waals surface area contributed by atoms with Gasteiger partial charge in [0, 0.05) is 16.0 Å². The van der Waals surface area contributed by atoms with Gasteiger partial charge in [-0.05, 0) is 67.6 Å². The van der Waals surface area contributed by atoms with Crippen LogP contribution in [0.25, 0.3) is 15.9 Å². The van der Waals surface area contributed by atoms with E-state index in [1.807, 2.05) is 0 Å². The fourth-order valence-corrected chi connectivity index (χ4v) is 5.75. The molecule has 1 aliphatic carbocycles. The molecule has 0 fully saturated rings. The monoisotopic (exact) mass is 501 g/mol. The first kappa shape index (κ1) is 22.5. The fraction of sp³-hybridized carbons (Fsp3) is 0.208. The van der Waals surface area contributed by atoms with Crippen LogP contribution in [0.4, 0.5) is 14.5 Å². The van der Waals surface area contributed by atoms with Crippen molar-refractivity contribution in [2.75, 3.05) is 5.32 Å². The van der Waals surface area contributed by atoms with Crippen molar-refractivity contribution >= 4 is 44.7 Å². The van der Waals surface area contributed by atoms with Gasteiger partial charge in [0.2, 0.25) is 5.91 Å². The number of benzene rings is 2. The Labute approximate surface area is 201 Å². The third-order valence-electron chi connectivity index (χ3n) is 5.83. The summed E-state index contributed by atoms with van der Waals surface area (Å²) in [5.74, 6) is -2.38. The van der Waals surface area contributed by atoms with Crippen LogP contribution in [0, 0.1) is 11.6 Å². The van der Waals surface area contributed by atoms with E-state index in [0.717, 1.165) is 52.8 Å². The van der Waals surface area contributed by atoms with Crippen LogP contribution in [0.5, 0.6) is 0 Å². The summed E-state index contributed by atoms with van der Waals surface area (Å²) in [7, 11) is 0. The Kier molecular flexibility index (Phi) is 5.83. The number of anilines is 1. The van der Waals surface area contributed by atoms with Crippen LogP contribution in [0.3, 0.4) is 0 Å². The van der Waals surface area contributed by atoms with Crippen molar-refractivity contribution in [1.29, 1.82) is 0 Å². The Hall–Kier alpha value is -3.30. The summed E-state index contributed by atoms with van der Waals surface area (Å²) in [6.07, 6.45) is 3.44. The summed E-state index contributed by atoms with van der Waals surface area (Å²) in [6, 6.07) is 9.07. The smallest absolute Gasteiger partial charge is 0.322 e. The van der Waals surface area contributed by atoms with E-state index in [2.05, 4.69) is 5.32 Å². The quantitative estimate of drug-likeness (QED) is 0.442. The second kappa shape index (κ2) is 8.81. The van der Waals surface area contributed by atoms with Gasteiger partial charge in [-0.25, -0.2) is 18.1 Å². The first-order valence-corrected chi connectivity index (χ1v) is 11.8. The number of nitrogens with one attached hydrogen (secondary N) is 1. The van der Waals surface area contributed by atoms with Gasteiger partial charge in [0.25, 0.3) is 5.56 Å². The minimum absolute atomic E-state index is 0.202. The molecule has 0 unspecified atom stereocenters. The Bertz CT molecular complexity index is 1560. The predicted octanol–water partition coefficient (Wildman–Crippen LogP) is 4.66. The zero-order chi connectivity index (χ0) is 24.0. The zero-order valence-corrected chi connectivity index (χ0v) is 19.3. The normalized spacial score (nSPS) is 13.1. The second-order valence-corrected chi connectivity index (χ2v) is 9.57.